The highest BCUT2D eigenvalue weighted by Crippen LogP contribution is 2.24. The van der Waals surface area contributed by atoms with Crippen LogP contribution >= 0.6 is 27.3 Å². The minimum absolute atomic E-state index is 0.228. The molecule has 0 aliphatic heterocycles. The monoisotopic (exact) mass is 263 g/mol. The molecule has 5 heteroatoms. The molecule has 0 N–H and O–H groups in total. The van der Waals surface area contributed by atoms with E-state index in [0.29, 0.717) is 6.61 Å². The fourth-order valence-corrected chi connectivity index (χ4v) is 2.49. The highest BCUT2D eigenvalue weighted by atomic mass is 79.9. The maximum Gasteiger partial charge on any atom is 0.311 e. The van der Waals surface area contributed by atoms with E-state index in [1.807, 2.05) is 6.92 Å². The van der Waals surface area contributed by atoms with Crippen molar-refractivity contribution in [2.45, 2.75) is 20.3 Å². The number of carbonyl (C=O) groups is 1. The van der Waals surface area contributed by atoms with Crippen LogP contribution in [-0.2, 0) is 16.0 Å². The Hall–Kier alpha value is -0.420. The lowest BCUT2D eigenvalue weighted by molar-refractivity contribution is -0.142. The molecule has 0 atom stereocenters. The van der Waals surface area contributed by atoms with Gasteiger partial charge < -0.3 is 4.74 Å². The van der Waals surface area contributed by atoms with Gasteiger partial charge in [0.05, 0.1) is 27.5 Å². The smallest absolute Gasteiger partial charge is 0.311 e. The number of carbonyl (C=O) groups excluding carboxylic acids is 1. The number of thiazole rings is 1. The molecule has 0 fully saturated rings. The zero-order chi connectivity index (χ0) is 9.84. The van der Waals surface area contributed by atoms with Crippen molar-refractivity contribution < 1.29 is 9.53 Å². The number of aryl methyl sites for hydroxylation is 1. The standard InChI is InChI=1S/C8H10BrNO2S/c1-3-12-7(11)4-6-8(9)13-5(2)10-6/h3-4H2,1-2H3. The number of aromatic nitrogens is 1. The Bertz CT molecular complexity index is 311. The number of esters is 1. The van der Waals surface area contributed by atoms with E-state index in [4.69, 9.17) is 4.74 Å². The van der Waals surface area contributed by atoms with E-state index >= 15 is 0 Å². The number of nitrogens with zero attached hydrogens (tertiary/aromatic N) is 1. The van der Waals surface area contributed by atoms with E-state index in [0.717, 1.165) is 14.5 Å². The molecule has 0 radical (unpaired) electrons. The van der Waals surface area contributed by atoms with E-state index in [1.165, 1.54) is 11.3 Å². The average molecular weight is 264 g/mol. The molecule has 1 rings (SSSR count). The first-order valence-electron chi connectivity index (χ1n) is 3.91. The predicted octanol–water partition coefficient (Wildman–Crippen LogP) is 2.32. The lowest BCUT2D eigenvalue weighted by Crippen LogP contribution is -2.08. The highest BCUT2D eigenvalue weighted by molar-refractivity contribution is 9.11. The largest absolute Gasteiger partial charge is 0.466 e. The van der Waals surface area contributed by atoms with Gasteiger partial charge in [0.2, 0.25) is 0 Å². The van der Waals surface area contributed by atoms with Crippen molar-refractivity contribution >= 4 is 33.2 Å². The van der Waals surface area contributed by atoms with Crippen LogP contribution in [0.25, 0.3) is 0 Å². The van der Waals surface area contributed by atoms with Gasteiger partial charge in [-0.25, -0.2) is 4.98 Å². The molecular weight excluding hydrogens is 254 g/mol. The van der Waals surface area contributed by atoms with Gasteiger partial charge in [0.15, 0.2) is 0 Å². The van der Waals surface area contributed by atoms with Gasteiger partial charge in [-0.15, -0.1) is 11.3 Å². The highest BCUT2D eigenvalue weighted by Gasteiger charge is 2.11. The SMILES string of the molecule is CCOC(=O)Cc1nc(C)sc1Br. The zero-order valence-corrected chi connectivity index (χ0v) is 9.87. The third-order valence-corrected chi connectivity index (χ3v) is 3.12. The van der Waals surface area contributed by atoms with Crippen LogP contribution in [0.3, 0.4) is 0 Å². The molecular formula is C8H10BrNO2S. The summed E-state index contributed by atoms with van der Waals surface area (Å²) in [6, 6.07) is 0. The Morgan fingerprint density at radius 3 is 2.85 bits per heavy atom. The van der Waals surface area contributed by atoms with Crippen molar-refractivity contribution in [1.29, 1.82) is 0 Å². The normalized spacial score (nSPS) is 10.1. The molecule has 0 spiro atoms. The molecule has 3 nitrogen and oxygen atoms in total. The van der Waals surface area contributed by atoms with Crippen LogP contribution in [0, 0.1) is 6.92 Å². The summed E-state index contributed by atoms with van der Waals surface area (Å²) in [5, 5.41) is 0.950. The molecule has 0 bridgehead atoms. The van der Waals surface area contributed by atoms with Gasteiger partial charge in [0, 0.05) is 0 Å². The summed E-state index contributed by atoms with van der Waals surface area (Å²) in [6.07, 6.45) is 0.249. The van der Waals surface area contributed by atoms with E-state index < -0.39 is 0 Å². The van der Waals surface area contributed by atoms with E-state index in [2.05, 4.69) is 20.9 Å². The summed E-state index contributed by atoms with van der Waals surface area (Å²) >= 11 is 4.87. The van der Waals surface area contributed by atoms with E-state index in [-0.39, 0.29) is 12.4 Å². The van der Waals surface area contributed by atoms with Crippen molar-refractivity contribution in [2.24, 2.45) is 0 Å². The van der Waals surface area contributed by atoms with Crippen molar-refractivity contribution in [2.75, 3.05) is 6.61 Å². The fraction of sp³-hybridized carbons (Fsp3) is 0.500. The zero-order valence-electron chi connectivity index (χ0n) is 7.46. The molecule has 0 aromatic carbocycles. The minimum Gasteiger partial charge on any atom is -0.466 e. The molecule has 1 heterocycles. The van der Waals surface area contributed by atoms with Gasteiger partial charge in [0.25, 0.3) is 0 Å². The van der Waals surface area contributed by atoms with Crippen molar-refractivity contribution in [3.8, 4) is 0 Å². The summed E-state index contributed by atoms with van der Waals surface area (Å²) in [5.41, 5.74) is 0.765. The fourth-order valence-electron chi connectivity index (χ4n) is 0.903. The topological polar surface area (TPSA) is 39.2 Å². The summed E-state index contributed by atoms with van der Waals surface area (Å²) < 4.78 is 5.73. The third kappa shape index (κ3) is 3.08. The van der Waals surface area contributed by atoms with Crippen LogP contribution in [0.4, 0.5) is 0 Å². The van der Waals surface area contributed by atoms with Crippen LogP contribution in [-0.4, -0.2) is 17.6 Å². The Labute approximate surface area is 89.3 Å². The van der Waals surface area contributed by atoms with E-state index in [1.54, 1.807) is 6.92 Å². The Kier molecular flexibility index (Phi) is 3.87. The van der Waals surface area contributed by atoms with Gasteiger partial charge in [-0.1, -0.05) is 0 Å². The first-order chi connectivity index (χ1) is 6.13. The van der Waals surface area contributed by atoms with Crippen LogP contribution < -0.4 is 0 Å². The van der Waals surface area contributed by atoms with Gasteiger partial charge in [0.1, 0.15) is 0 Å². The average Bonchev–Trinajstić information content (AvgIpc) is 2.30. The third-order valence-electron chi connectivity index (χ3n) is 1.37. The number of rotatable bonds is 3. The molecule has 0 saturated carbocycles. The van der Waals surface area contributed by atoms with Gasteiger partial charge >= 0.3 is 5.97 Å². The van der Waals surface area contributed by atoms with Gasteiger partial charge in [-0.3, -0.25) is 4.79 Å². The van der Waals surface area contributed by atoms with Crippen LogP contribution in [0.1, 0.15) is 17.6 Å². The number of ether oxygens (including phenoxy) is 1. The van der Waals surface area contributed by atoms with Crippen LogP contribution in [0.15, 0.2) is 3.79 Å². The molecule has 1 aromatic rings. The van der Waals surface area contributed by atoms with E-state index in [9.17, 15) is 4.79 Å². The molecule has 0 amide bonds. The maximum absolute atomic E-state index is 11.1. The Morgan fingerprint density at radius 2 is 2.38 bits per heavy atom. The minimum atomic E-state index is -0.228. The molecule has 0 unspecified atom stereocenters. The summed E-state index contributed by atoms with van der Waals surface area (Å²) in [6.45, 7) is 4.11. The second-order valence-corrected chi connectivity index (χ2v) is 4.96. The van der Waals surface area contributed by atoms with Crippen LogP contribution in [0.5, 0.6) is 0 Å². The second-order valence-electron chi connectivity index (χ2n) is 2.44. The quantitative estimate of drug-likeness (QED) is 0.786. The number of hydrogen-bond donors (Lipinski definition) is 0. The molecule has 13 heavy (non-hydrogen) atoms. The summed E-state index contributed by atoms with van der Waals surface area (Å²) in [4.78, 5) is 15.3. The predicted molar refractivity (Wildman–Crippen MR) is 54.9 cm³/mol. The first-order valence-corrected chi connectivity index (χ1v) is 5.52. The lowest BCUT2D eigenvalue weighted by atomic mass is 10.3. The number of hydrogen-bond acceptors (Lipinski definition) is 4. The summed E-state index contributed by atoms with van der Waals surface area (Å²) in [7, 11) is 0. The van der Waals surface area contributed by atoms with Gasteiger partial charge in [-0.05, 0) is 29.8 Å². The molecule has 0 aliphatic carbocycles. The molecule has 72 valence electrons. The van der Waals surface area contributed by atoms with Crippen molar-refractivity contribution in [3.63, 3.8) is 0 Å². The van der Waals surface area contributed by atoms with Gasteiger partial charge in [-0.2, -0.15) is 0 Å². The maximum atomic E-state index is 11.1. The van der Waals surface area contributed by atoms with Crippen molar-refractivity contribution in [1.82, 2.24) is 4.98 Å². The number of halogens is 1. The Morgan fingerprint density at radius 1 is 1.69 bits per heavy atom. The summed E-state index contributed by atoms with van der Waals surface area (Å²) in [5.74, 6) is -0.228. The molecule has 0 aliphatic rings. The van der Waals surface area contributed by atoms with Crippen LogP contribution in [0.2, 0.25) is 0 Å². The first kappa shape index (κ1) is 10.7. The molecule has 0 saturated heterocycles. The lowest BCUT2D eigenvalue weighted by Gasteiger charge is -1.98. The van der Waals surface area contributed by atoms with Crippen molar-refractivity contribution in [3.05, 3.63) is 14.5 Å². The second kappa shape index (κ2) is 4.72. The molecule has 1 aromatic heterocycles. The Balaban J connectivity index is 2.63.